The van der Waals surface area contributed by atoms with Crippen LogP contribution in [0.1, 0.15) is 71.6 Å². The number of halogens is 1. The van der Waals surface area contributed by atoms with Crippen molar-refractivity contribution < 1.29 is 33.3 Å². The zero-order chi connectivity index (χ0) is 30.2. The van der Waals surface area contributed by atoms with Gasteiger partial charge in [-0.1, -0.05) is 43.6 Å². The predicted molar refractivity (Wildman–Crippen MR) is 157 cm³/mol. The predicted octanol–water partition coefficient (Wildman–Crippen LogP) is 6.06. The number of rotatable bonds is 11. The van der Waals surface area contributed by atoms with Crippen LogP contribution in [0.5, 0.6) is 5.75 Å². The van der Waals surface area contributed by atoms with Gasteiger partial charge < -0.3 is 29.2 Å². The molecule has 10 heteroatoms. The Hall–Kier alpha value is -3.30. The van der Waals surface area contributed by atoms with Gasteiger partial charge in [0, 0.05) is 34.9 Å². The summed E-state index contributed by atoms with van der Waals surface area (Å²) in [5.74, 6) is -0.114. The average molecular weight is 589 g/mol. The number of amides is 2. The lowest BCUT2D eigenvalue weighted by atomic mass is 9.98. The molecule has 0 fully saturated rings. The third-order valence-electron chi connectivity index (χ3n) is 6.06. The summed E-state index contributed by atoms with van der Waals surface area (Å²) in [6.45, 7) is 12.5. The van der Waals surface area contributed by atoms with Crippen LogP contribution in [0.25, 0.3) is 0 Å². The van der Waals surface area contributed by atoms with Crippen molar-refractivity contribution >= 4 is 35.3 Å². The van der Waals surface area contributed by atoms with Crippen LogP contribution in [-0.4, -0.2) is 56.0 Å². The van der Waals surface area contributed by atoms with Crippen molar-refractivity contribution in [2.45, 2.75) is 72.2 Å². The van der Waals surface area contributed by atoms with Crippen molar-refractivity contribution in [2.75, 3.05) is 31.2 Å². The summed E-state index contributed by atoms with van der Waals surface area (Å²) in [6.07, 6.45) is -2.00. The lowest BCUT2D eigenvalue weighted by Crippen LogP contribution is -2.42. The van der Waals surface area contributed by atoms with Crippen molar-refractivity contribution in [1.29, 1.82) is 0 Å². The second-order valence-electron chi connectivity index (χ2n) is 11.2. The van der Waals surface area contributed by atoms with Crippen LogP contribution in [0, 0.1) is 5.92 Å². The summed E-state index contributed by atoms with van der Waals surface area (Å²) in [5, 5.41) is 3.21. The van der Waals surface area contributed by atoms with Gasteiger partial charge in [0.05, 0.1) is 19.6 Å². The summed E-state index contributed by atoms with van der Waals surface area (Å²) < 4.78 is 23.0. The van der Waals surface area contributed by atoms with E-state index in [9.17, 15) is 14.4 Å². The van der Waals surface area contributed by atoms with E-state index in [0.29, 0.717) is 53.7 Å². The fourth-order valence-electron chi connectivity index (χ4n) is 4.46. The van der Waals surface area contributed by atoms with E-state index in [2.05, 4.69) is 5.32 Å². The Labute approximate surface area is 247 Å². The molecule has 1 aliphatic heterocycles. The highest BCUT2D eigenvalue weighted by Crippen LogP contribution is 2.43. The first-order valence-corrected chi connectivity index (χ1v) is 14.4. The topological polar surface area (TPSA) is 103 Å². The molecule has 1 N–H and O–H groups in total. The Balaban J connectivity index is 1.90. The summed E-state index contributed by atoms with van der Waals surface area (Å²) in [6, 6.07) is 12.7. The largest absolute Gasteiger partial charge is 0.493 e. The first kappa shape index (κ1) is 32.2. The molecule has 0 saturated heterocycles. The van der Waals surface area contributed by atoms with Gasteiger partial charge in [-0.2, -0.15) is 0 Å². The SMILES string of the molecule is CCOC(=O)CC1OC(c2ccccc2OCCCNC(=O)OC(C)(C)C)c2cc(Cl)ccc2N(CC(C)C)C1=O. The molecule has 2 amide bonds. The highest BCUT2D eigenvalue weighted by atomic mass is 35.5. The van der Waals surface area contributed by atoms with Crippen LogP contribution in [0.15, 0.2) is 42.5 Å². The number of benzene rings is 2. The van der Waals surface area contributed by atoms with Crippen molar-refractivity contribution in [1.82, 2.24) is 5.32 Å². The maximum atomic E-state index is 13.8. The molecule has 0 bridgehead atoms. The summed E-state index contributed by atoms with van der Waals surface area (Å²) >= 11 is 6.45. The first-order chi connectivity index (χ1) is 19.4. The average Bonchev–Trinajstić information content (AvgIpc) is 2.98. The molecular weight excluding hydrogens is 548 g/mol. The van der Waals surface area contributed by atoms with Crippen LogP contribution >= 0.6 is 11.6 Å². The number of para-hydroxylation sites is 1. The molecule has 1 aliphatic rings. The molecule has 0 saturated carbocycles. The Morgan fingerprint density at radius 2 is 1.85 bits per heavy atom. The maximum absolute atomic E-state index is 13.8. The van der Waals surface area contributed by atoms with Crippen LogP contribution in [0.4, 0.5) is 10.5 Å². The van der Waals surface area contributed by atoms with Gasteiger partial charge in [-0.25, -0.2) is 4.79 Å². The lowest BCUT2D eigenvalue weighted by molar-refractivity contribution is -0.151. The van der Waals surface area contributed by atoms with Gasteiger partial charge in [0.2, 0.25) is 0 Å². The lowest BCUT2D eigenvalue weighted by Gasteiger charge is -2.26. The number of carbonyl (C=O) groups excluding carboxylic acids is 3. The summed E-state index contributed by atoms with van der Waals surface area (Å²) in [5.41, 5.74) is 1.47. The summed E-state index contributed by atoms with van der Waals surface area (Å²) in [4.78, 5) is 39.9. The van der Waals surface area contributed by atoms with Gasteiger partial charge in [-0.3, -0.25) is 9.59 Å². The molecular formula is C31H41ClN2O7. The zero-order valence-corrected chi connectivity index (χ0v) is 25.5. The minimum absolute atomic E-state index is 0.159. The highest BCUT2D eigenvalue weighted by Gasteiger charge is 2.39. The third-order valence-corrected chi connectivity index (χ3v) is 6.29. The van der Waals surface area contributed by atoms with Gasteiger partial charge >= 0.3 is 12.1 Å². The minimum atomic E-state index is -1.07. The van der Waals surface area contributed by atoms with Crippen molar-refractivity contribution in [3.63, 3.8) is 0 Å². The van der Waals surface area contributed by atoms with Crippen molar-refractivity contribution in [2.24, 2.45) is 5.92 Å². The molecule has 3 rings (SSSR count). The van der Waals surface area contributed by atoms with E-state index in [1.807, 2.05) is 44.2 Å². The number of nitrogens with zero attached hydrogens (tertiary/aromatic N) is 1. The molecule has 224 valence electrons. The molecule has 0 aromatic heterocycles. The standard InChI is InChI=1S/C31H41ClN2O7/c1-7-38-27(35)18-26-29(36)34(19-20(2)3)24-14-13-21(32)17-23(24)28(40-26)22-11-8-9-12-25(22)39-16-10-15-33-30(37)41-31(4,5)6/h8-9,11-14,17,20,26,28H,7,10,15-16,18-19H2,1-6H3,(H,33,37). The first-order valence-electron chi connectivity index (χ1n) is 14.0. The third kappa shape index (κ3) is 9.36. The molecule has 0 aliphatic carbocycles. The Morgan fingerprint density at radius 3 is 2.54 bits per heavy atom. The Kier molecular flexibility index (Phi) is 11.4. The zero-order valence-electron chi connectivity index (χ0n) is 24.7. The smallest absolute Gasteiger partial charge is 0.407 e. The fraction of sp³-hybridized carbons (Fsp3) is 0.516. The summed E-state index contributed by atoms with van der Waals surface area (Å²) in [7, 11) is 0. The van der Waals surface area contributed by atoms with Crippen molar-refractivity contribution in [3.05, 3.63) is 58.6 Å². The van der Waals surface area contributed by atoms with E-state index in [1.165, 1.54) is 0 Å². The molecule has 2 aromatic rings. The highest BCUT2D eigenvalue weighted by molar-refractivity contribution is 6.30. The second kappa shape index (κ2) is 14.5. The minimum Gasteiger partial charge on any atom is -0.493 e. The van der Waals surface area contributed by atoms with Gasteiger partial charge in [0.15, 0.2) is 0 Å². The van der Waals surface area contributed by atoms with E-state index in [4.69, 9.17) is 30.5 Å². The van der Waals surface area contributed by atoms with Crippen LogP contribution in [0.3, 0.4) is 0 Å². The second-order valence-corrected chi connectivity index (χ2v) is 11.7. The van der Waals surface area contributed by atoms with Crippen LogP contribution in [0.2, 0.25) is 5.02 Å². The Bertz CT molecular complexity index is 1210. The van der Waals surface area contributed by atoms with E-state index >= 15 is 0 Å². The van der Waals surface area contributed by atoms with Crippen molar-refractivity contribution in [3.8, 4) is 5.75 Å². The van der Waals surface area contributed by atoms with E-state index < -0.39 is 29.9 Å². The number of hydrogen-bond acceptors (Lipinski definition) is 7. The molecule has 2 unspecified atom stereocenters. The maximum Gasteiger partial charge on any atom is 0.407 e. The quantitative estimate of drug-likeness (QED) is 0.251. The number of hydrogen-bond donors (Lipinski definition) is 1. The van der Waals surface area contributed by atoms with Gasteiger partial charge in [-0.15, -0.1) is 0 Å². The van der Waals surface area contributed by atoms with Gasteiger partial charge in [0.1, 0.15) is 23.6 Å². The molecule has 1 heterocycles. The number of esters is 1. The number of nitrogens with one attached hydrogen (secondary N) is 1. The number of anilines is 1. The number of carbonyl (C=O) groups is 3. The van der Waals surface area contributed by atoms with E-state index in [1.54, 1.807) is 44.7 Å². The van der Waals surface area contributed by atoms with Gasteiger partial charge in [-0.05, 0) is 64.3 Å². The monoisotopic (exact) mass is 588 g/mol. The van der Waals surface area contributed by atoms with E-state index in [0.717, 1.165) is 0 Å². The van der Waals surface area contributed by atoms with E-state index in [-0.39, 0.29) is 24.9 Å². The van der Waals surface area contributed by atoms with Crippen LogP contribution in [-0.2, 0) is 23.8 Å². The normalized spacial score (nSPS) is 17.1. The van der Waals surface area contributed by atoms with Crippen LogP contribution < -0.4 is 15.0 Å². The number of fused-ring (bicyclic) bond motifs is 1. The Morgan fingerprint density at radius 1 is 1.12 bits per heavy atom. The molecule has 9 nitrogen and oxygen atoms in total. The fourth-order valence-corrected chi connectivity index (χ4v) is 4.64. The molecule has 41 heavy (non-hydrogen) atoms. The molecule has 2 atom stereocenters. The number of alkyl carbamates (subject to hydrolysis) is 1. The number of ether oxygens (including phenoxy) is 4. The molecule has 0 spiro atoms. The molecule has 2 aromatic carbocycles. The van der Waals surface area contributed by atoms with Gasteiger partial charge in [0.25, 0.3) is 5.91 Å². The molecule has 0 radical (unpaired) electrons.